The van der Waals surface area contributed by atoms with E-state index >= 15 is 0 Å². The smallest absolute Gasteiger partial charge is 0.225 e. The molecule has 5 nitrogen and oxygen atoms in total. The van der Waals surface area contributed by atoms with Crippen molar-refractivity contribution in [2.24, 2.45) is 5.92 Å². The van der Waals surface area contributed by atoms with Gasteiger partial charge >= 0.3 is 0 Å². The number of hydrogen-bond donors (Lipinski definition) is 0. The third-order valence-electron chi connectivity index (χ3n) is 5.40. The van der Waals surface area contributed by atoms with Gasteiger partial charge in [-0.05, 0) is 30.9 Å². The molecule has 2 fully saturated rings. The van der Waals surface area contributed by atoms with Gasteiger partial charge in [-0.2, -0.15) is 0 Å². The van der Waals surface area contributed by atoms with Crippen molar-refractivity contribution in [2.75, 3.05) is 31.1 Å². The molecule has 1 saturated heterocycles. The first kappa shape index (κ1) is 16.7. The number of thiophene rings is 1. The lowest BCUT2D eigenvalue weighted by atomic mass is 10.2. The monoisotopic (exact) mass is 378 g/mol. The summed E-state index contributed by atoms with van der Waals surface area (Å²) in [5, 5.41) is 1.11. The number of aromatic nitrogens is 2. The average Bonchev–Trinajstić information content (AvgIpc) is 3.50. The summed E-state index contributed by atoms with van der Waals surface area (Å²) in [7, 11) is 0. The fourth-order valence-corrected chi connectivity index (χ4v) is 4.78. The minimum absolute atomic E-state index is 0.299. The van der Waals surface area contributed by atoms with E-state index in [0.29, 0.717) is 11.8 Å². The van der Waals surface area contributed by atoms with Crippen LogP contribution in [-0.4, -0.2) is 47.0 Å². The van der Waals surface area contributed by atoms with E-state index in [1.165, 1.54) is 10.4 Å². The van der Waals surface area contributed by atoms with Gasteiger partial charge in [0.15, 0.2) is 0 Å². The van der Waals surface area contributed by atoms with Crippen molar-refractivity contribution in [1.29, 1.82) is 0 Å². The first-order valence-electron chi connectivity index (χ1n) is 9.63. The van der Waals surface area contributed by atoms with Crippen LogP contribution < -0.4 is 4.90 Å². The summed E-state index contributed by atoms with van der Waals surface area (Å²) in [6.45, 7) is 3.41. The molecule has 6 heteroatoms. The highest BCUT2D eigenvalue weighted by Crippen LogP contribution is 2.36. The van der Waals surface area contributed by atoms with Crippen LogP contribution in [0.4, 0.5) is 5.82 Å². The van der Waals surface area contributed by atoms with E-state index in [-0.39, 0.29) is 0 Å². The van der Waals surface area contributed by atoms with Gasteiger partial charge in [0.2, 0.25) is 5.91 Å². The molecule has 0 radical (unpaired) electrons. The normalized spacial score (nSPS) is 17.9. The highest BCUT2D eigenvalue weighted by molar-refractivity contribution is 7.21. The molecule has 0 N–H and O–H groups in total. The third kappa shape index (κ3) is 3.30. The summed E-state index contributed by atoms with van der Waals surface area (Å²) < 4.78 is 0. The maximum Gasteiger partial charge on any atom is 0.225 e. The number of rotatable bonds is 3. The Kier molecular flexibility index (Phi) is 4.28. The number of anilines is 1. The fourth-order valence-electron chi connectivity index (χ4n) is 3.78. The summed E-state index contributed by atoms with van der Waals surface area (Å²) in [6, 6.07) is 12.6. The Balaban J connectivity index is 1.42. The molecule has 1 aromatic carbocycles. The number of nitrogens with zero attached hydrogens (tertiary/aromatic N) is 4. The van der Waals surface area contributed by atoms with Crippen LogP contribution in [0.5, 0.6) is 0 Å². The Morgan fingerprint density at radius 2 is 1.89 bits per heavy atom. The minimum Gasteiger partial charge on any atom is -0.354 e. The number of fused-ring (bicyclic) bond motifs is 1. The van der Waals surface area contributed by atoms with Crippen molar-refractivity contribution < 1.29 is 4.79 Å². The van der Waals surface area contributed by atoms with Crippen molar-refractivity contribution in [3.63, 3.8) is 0 Å². The number of hydrogen-bond acceptors (Lipinski definition) is 5. The number of amides is 1. The Bertz CT molecular complexity index is 967. The van der Waals surface area contributed by atoms with Crippen LogP contribution in [0.15, 0.2) is 42.7 Å². The molecule has 0 unspecified atom stereocenters. The molecule has 1 amide bonds. The summed E-state index contributed by atoms with van der Waals surface area (Å²) in [5.74, 6) is 1.65. The van der Waals surface area contributed by atoms with E-state index in [4.69, 9.17) is 0 Å². The van der Waals surface area contributed by atoms with Gasteiger partial charge in [-0.15, -0.1) is 11.3 Å². The van der Waals surface area contributed by atoms with Crippen molar-refractivity contribution in [2.45, 2.75) is 19.3 Å². The second kappa shape index (κ2) is 6.93. The molecule has 1 aliphatic heterocycles. The molecular formula is C21H22N4OS. The number of carbonyl (C=O) groups is 1. The molecule has 2 aliphatic rings. The average molecular weight is 379 g/mol. The van der Waals surface area contributed by atoms with Crippen LogP contribution in [0.3, 0.4) is 0 Å². The largest absolute Gasteiger partial charge is 0.354 e. The van der Waals surface area contributed by atoms with Crippen LogP contribution in [0.2, 0.25) is 0 Å². The standard InChI is InChI=1S/C21H22N4OS/c26-21(16-7-8-16)25-10-4-9-24(11-12-25)19-17-13-18(15-5-2-1-3-6-15)27-20(17)23-14-22-19/h1-3,5-6,13-14,16H,4,7-12H2. The highest BCUT2D eigenvalue weighted by Gasteiger charge is 2.34. The number of benzene rings is 1. The Labute approximate surface area is 162 Å². The van der Waals surface area contributed by atoms with Crippen LogP contribution in [-0.2, 0) is 4.79 Å². The van der Waals surface area contributed by atoms with Gasteiger partial charge in [0, 0.05) is 37.0 Å². The van der Waals surface area contributed by atoms with E-state index in [9.17, 15) is 4.79 Å². The zero-order valence-electron chi connectivity index (χ0n) is 15.2. The Hall–Kier alpha value is -2.47. The van der Waals surface area contributed by atoms with Gasteiger partial charge in [0.25, 0.3) is 0 Å². The summed E-state index contributed by atoms with van der Waals surface area (Å²) >= 11 is 1.71. The van der Waals surface area contributed by atoms with Crippen molar-refractivity contribution >= 4 is 33.3 Å². The van der Waals surface area contributed by atoms with Crippen LogP contribution in [0, 0.1) is 5.92 Å². The summed E-state index contributed by atoms with van der Waals surface area (Å²) in [6.07, 6.45) is 4.80. The second-order valence-corrected chi connectivity index (χ2v) is 8.36. The lowest BCUT2D eigenvalue weighted by Gasteiger charge is -2.23. The van der Waals surface area contributed by atoms with Gasteiger partial charge in [-0.3, -0.25) is 4.79 Å². The predicted octanol–water partition coefficient (Wildman–Crippen LogP) is 3.81. The molecule has 0 atom stereocenters. The van der Waals surface area contributed by atoms with E-state index < -0.39 is 0 Å². The lowest BCUT2D eigenvalue weighted by Crippen LogP contribution is -2.36. The van der Waals surface area contributed by atoms with E-state index in [2.05, 4.69) is 50.1 Å². The molecule has 2 aromatic heterocycles. The van der Waals surface area contributed by atoms with Crippen molar-refractivity contribution in [3.05, 3.63) is 42.7 Å². The molecule has 3 heterocycles. The zero-order chi connectivity index (χ0) is 18.2. The van der Waals surface area contributed by atoms with Crippen LogP contribution >= 0.6 is 11.3 Å². The quantitative estimate of drug-likeness (QED) is 0.695. The molecule has 0 spiro atoms. The molecule has 1 aliphatic carbocycles. The van der Waals surface area contributed by atoms with Gasteiger partial charge in [0.1, 0.15) is 17.0 Å². The lowest BCUT2D eigenvalue weighted by molar-refractivity contribution is -0.132. The van der Waals surface area contributed by atoms with E-state index in [1.54, 1.807) is 17.7 Å². The van der Waals surface area contributed by atoms with Crippen molar-refractivity contribution in [1.82, 2.24) is 14.9 Å². The molecule has 27 heavy (non-hydrogen) atoms. The predicted molar refractivity (Wildman–Crippen MR) is 109 cm³/mol. The van der Waals surface area contributed by atoms with Crippen LogP contribution in [0.25, 0.3) is 20.7 Å². The van der Waals surface area contributed by atoms with E-state index in [0.717, 1.165) is 61.5 Å². The topological polar surface area (TPSA) is 49.3 Å². The SMILES string of the molecule is O=C(C1CC1)N1CCCN(c2ncnc3sc(-c4ccccc4)cc23)CC1. The molecule has 5 rings (SSSR count). The molecule has 3 aromatic rings. The number of carbonyl (C=O) groups excluding carboxylic acids is 1. The molecule has 0 bridgehead atoms. The van der Waals surface area contributed by atoms with Crippen LogP contribution in [0.1, 0.15) is 19.3 Å². The maximum atomic E-state index is 12.4. The van der Waals surface area contributed by atoms with Gasteiger partial charge in [0.05, 0.1) is 5.39 Å². The van der Waals surface area contributed by atoms with Gasteiger partial charge < -0.3 is 9.80 Å². The van der Waals surface area contributed by atoms with Gasteiger partial charge in [-0.25, -0.2) is 9.97 Å². The van der Waals surface area contributed by atoms with Crippen molar-refractivity contribution in [3.8, 4) is 10.4 Å². The van der Waals surface area contributed by atoms with Gasteiger partial charge in [-0.1, -0.05) is 30.3 Å². The zero-order valence-corrected chi connectivity index (χ0v) is 16.0. The first-order valence-corrected chi connectivity index (χ1v) is 10.4. The maximum absolute atomic E-state index is 12.4. The molecule has 1 saturated carbocycles. The summed E-state index contributed by atoms with van der Waals surface area (Å²) in [5.41, 5.74) is 1.21. The Morgan fingerprint density at radius 3 is 2.70 bits per heavy atom. The van der Waals surface area contributed by atoms with E-state index in [1.807, 2.05) is 6.07 Å². The fraction of sp³-hybridized carbons (Fsp3) is 0.381. The first-order chi connectivity index (χ1) is 13.3. The molecule has 138 valence electrons. The minimum atomic E-state index is 0.299. The Morgan fingerprint density at radius 1 is 1.04 bits per heavy atom. The third-order valence-corrected chi connectivity index (χ3v) is 6.49. The summed E-state index contributed by atoms with van der Waals surface area (Å²) in [4.78, 5) is 28.1. The molecular weight excluding hydrogens is 356 g/mol. The highest BCUT2D eigenvalue weighted by atomic mass is 32.1. The second-order valence-electron chi connectivity index (χ2n) is 7.33.